The Bertz CT molecular complexity index is 658. The molecule has 6 heteroatoms. The van der Waals surface area contributed by atoms with Crippen LogP contribution in [0.2, 0.25) is 15.1 Å². The van der Waals surface area contributed by atoms with Crippen molar-refractivity contribution in [1.82, 2.24) is 0 Å². The first-order valence-corrected chi connectivity index (χ1v) is 8.76. The van der Waals surface area contributed by atoms with Gasteiger partial charge in [0.15, 0.2) is 0 Å². The van der Waals surface area contributed by atoms with Crippen molar-refractivity contribution in [3.63, 3.8) is 0 Å². The van der Waals surface area contributed by atoms with Crippen molar-refractivity contribution in [1.29, 1.82) is 0 Å². The lowest BCUT2D eigenvalue weighted by Crippen LogP contribution is -2.23. The van der Waals surface area contributed by atoms with Crippen molar-refractivity contribution < 1.29 is 4.79 Å². The molecule has 0 bridgehead atoms. The van der Waals surface area contributed by atoms with Crippen LogP contribution in [0.1, 0.15) is 12.5 Å². The van der Waals surface area contributed by atoms with Crippen LogP contribution in [0, 0.1) is 0 Å². The molecule has 2 rings (SSSR count). The van der Waals surface area contributed by atoms with Crippen LogP contribution >= 0.6 is 46.6 Å². The number of nitrogens with one attached hydrogen (secondary N) is 1. The van der Waals surface area contributed by atoms with E-state index in [2.05, 4.69) is 5.32 Å². The van der Waals surface area contributed by atoms with Crippen LogP contribution in [-0.4, -0.2) is 11.2 Å². The maximum Gasteiger partial charge on any atom is 0.237 e. The summed E-state index contributed by atoms with van der Waals surface area (Å²) in [6.07, 6.45) is 0. The number of hydrogen-bond acceptors (Lipinski definition) is 2. The SMILES string of the molecule is CC(SCc1cccc(Cl)c1)C(=O)Nc1c(Cl)cccc1Cl. The Balaban J connectivity index is 1.95. The highest BCUT2D eigenvalue weighted by Gasteiger charge is 2.16. The summed E-state index contributed by atoms with van der Waals surface area (Å²) in [4.78, 5) is 12.2. The molecule has 0 radical (unpaired) electrons. The van der Waals surface area contributed by atoms with Crippen molar-refractivity contribution in [3.05, 3.63) is 63.1 Å². The number of carbonyl (C=O) groups is 1. The predicted molar refractivity (Wildman–Crippen MR) is 97.3 cm³/mol. The zero-order valence-electron chi connectivity index (χ0n) is 11.8. The number of hydrogen-bond donors (Lipinski definition) is 1. The van der Waals surface area contributed by atoms with Gasteiger partial charge in [0.2, 0.25) is 5.91 Å². The lowest BCUT2D eigenvalue weighted by atomic mass is 10.2. The van der Waals surface area contributed by atoms with Gasteiger partial charge >= 0.3 is 0 Å². The van der Waals surface area contributed by atoms with E-state index >= 15 is 0 Å². The fraction of sp³-hybridized carbons (Fsp3) is 0.188. The summed E-state index contributed by atoms with van der Waals surface area (Å²) in [6, 6.07) is 12.7. The minimum absolute atomic E-state index is 0.137. The summed E-state index contributed by atoms with van der Waals surface area (Å²) in [6.45, 7) is 1.84. The van der Waals surface area contributed by atoms with Gasteiger partial charge in [-0.25, -0.2) is 0 Å². The Labute approximate surface area is 149 Å². The van der Waals surface area contributed by atoms with Crippen LogP contribution in [-0.2, 0) is 10.5 Å². The number of carbonyl (C=O) groups excluding carboxylic acids is 1. The van der Waals surface area contributed by atoms with Crippen molar-refractivity contribution in [3.8, 4) is 0 Å². The average molecular weight is 375 g/mol. The third-order valence-electron chi connectivity index (χ3n) is 2.97. The van der Waals surface area contributed by atoms with Gasteiger partial charge in [-0.05, 0) is 36.8 Å². The number of halogens is 3. The van der Waals surface area contributed by atoms with Crippen LogP contribution in [0.3, 0.4) is 0 Å². The third kappa shape index (κ3) is 4.82. The first-order chi connectivity index (χ1) is 10.5. The Hall–Kier alpha value is -0.870. The molecule has 0 spiro atoms. The second kappa shape index (κ2) is 8.11. The molecule has 0 aliphatic heterocycles. The van der Waals surface area contributed by atoms with E-state index in [1.807, 2.05) is 31.2 Å². The maximum absolute atomic E-state index is 12.2. The van der Waals surface area contributed by atoms with Crippen LogP contribution in [0.4, 0.5) is 5.69 Å². The van der Waals surface area contributed by atoms with E-state index in [0.29, 0.717) is 26.5 Å². The molecular formula is C16H14Cl3NOS. The number of rotatable bonds is 5. The highest BCUT2D eigenvalue weighted by molar-refractivity contribution is 7.99. The highest BCUT2D eigenvalue weighted by Crippen LogP contribution is 2.30. The van der Waals surface area contributed by atoms with Crippen LogP contribution < -0.4 is 5.32 Å². The first kappa shape index (κ1) is 17.5. The monoisotopic (exact) mass is 373 g/mol. The van der Waals surface area contributed by atoms with Crippen LogP contribution in [0.5, 0.6) is 0 Å². The quantitative estimate of drug-likeness (QED) is 0.705. The molecule has 0 aliphatic rings. The van der Waals surface area contributed by atoms with Crippen LogP contribution in [0.15, 0.2) is 42.5 Å². The van der Waals surface area contributed by atoms with E-state index in [1.54, 1.807) is 18.2 Å². The fourth-order valence-electron chi connectivity index (χ4n) is 1.77. The molecule has 0 fully saturated rings. The van der Waals surface area contributed by atoms with Crippen molar-refractivity contribution in [2.24, 2.45) is 0 Å². The average Bonchev–Trinajstić information content (AvgIpc) is 2.48. The van der Waals surface area contributed by atoms with Gasteiger partial charge in [0.05, 0.1) is 21.0 Å². The van der Waals surface area contributed by atoms with Gasteiger partial charge in [0.1, 0.15) is 0 Å². The normalized spacial score (nSPS) is 12.0. The molecule has 22 heavy (non-hydrogen) atoms. The van der Waals surface area contributed by atoms with Gasteiger partial charge in [-0.15, -0.1) is 11.8 Å². The van der Waals surface area contributed by atoms with E-state index in [4.69, 9.17) is 34.8 Å². The summed E-state index contributed by atoms with van der Waals surface area (Å²) < 4.78 is 0. The molecule has 0 heterocycles. The first-order valence-electron chi connectivity index (χ1n) is 6.58. The fourth-order valence-corrected chi connectivity index (χ4v) is 3.30. The Morgan fingerprint density at radius 3 is 2.41 bits per heavy atom. The molecule has 2 aromatic carbocycles. The Morgan fingerprint density at radius 2 is 1.77 bits per heavy atom. The second-order valence-electron chi connectivity index (χ2n) is 4.67. The number of benzene rings is 2. The molecule has 0 saturated heterocycles. The maximum atomic E-state index is 12.2. The van der Waals surface area contributed by atoms with Gasteiger partial charge in [-0.2, -0.15) is 0 Å². The zero-order valence-corrected chi connectivity index (χ0v) is 14.9. The van der Waals surface area contributed by atoms with Crippen molar-refractivity contribution >= 4 is 58.2 Å². The Kier molecular flexibility index (Phi) is 6.45. The molecule has 2 aromatic rings. The summed E-state index contributed by atoms with van der Waals surface area (Å²) in [5.74, 6) is 0.563. The van der Waals surface area contributed by atoms with Crippen LogP contribution in [0.25, 0.3) is 0 Å². The largest absolute Gasteiger partial charge is 0.323 e. The lowest BCUT2D eigenvalue weighted by Gasteiger charge is -2.14. The van der Waals surface area contributed by atoms with Gasteiger partial charge in [-0.1, -0.05) is 53.0 Å². The molecule has 0 aliphatic carbocycles. The van der Waals surface area contributed by atoms with E-state index in [1.165, 1.54) is 11.8 Å². The minimum atomic E-state index is -0.244. The van der Waals surface area contributed by atoms with Gasteiger partial charge < -0.3 is 5.32 Å². The molecule has 1 N–H and O–H groups in total. The van der Waals surface area contributed by atoms with E-state index in [9.17, 15) is 4.79 Å². The lowest BCUT2D eigenvalue weighted by molar-refractivity contribution is -0.115. The van der Waals surface area contributed by atoms with E-state index < -0.39 is 0 Å². The molecule has 1 amide bonds. The minimum Gasteiger partial charge on any atom is -0.323 e. The zero-order chi connectivity index (χ0) is 16.1. The molecule has 2 nitrogen and oxygen atoms in total. The topological polar surface area (TPSA) is 29.1 Å². The molecule has 1 unspecified atom stereocenters. The molecule has 0 aromatic heterocycles. The summed E-state index contributed by atoms with van der Waals surface area (Å²) in [7, 11) is 0. The standard InChI is InChI=1S/C16H14Cl3NOS/c1-10(22-9-11-4-2-5-12(17)8-11)16(21)20-15-13(18)6-3-7-14(15)19/h2-8,10H,9H2,1H3,(H,20,21). The number of thioether (sulfide) groups is 1. The Morgan fingerprint density at radius 1 is 1.14 bits per heavy atom. The molecular weight excluding hydrogens is 361 g/mol. The third-order valence-corrected chi connectivity index (χ3v) is 5.05. The van der Waals surface area contributed by atoms with Gasteiger partial charge in [0.25, 0.3) is 0 Å². The van der Waals surface area contributed by atoms with Gasteiger partial charge in [-0.3, -0.25) is 4.79 Å². The van der Waals surface area contributed by atoms with Crippen molar-refractivity contribution in [2.45, 2.75) is 17.9 Å². The molecule has 116 valence electrons. The molecule has 0 saturated carbocycles. The van der Waals surface area contributed by atoms with E-state index in [-0.39, 0.29) is 11.2 Å². The number of anilines is 1. The van der Waals surface area contributed by atoms with E-state index in [0.717, 1.165) is 5.56 Å². The predicted octanol–water partition coefficient (Wildman–Crippen LogP) is 5.91. The molecule has 1 atom stereocenters. The van der Waals surface area contributed by atoms with Crippen molar-refractivity contribution in [2.75, 3.05) is 5.32 Å². The highest BCUT2D eigenvalue weighted by atomic mass is 35.5. The number of amides is 1. The summed E-state index contributed by atoms with van der Waals surface area (Å²) in [5, 5.41) is 4.07. The second-order valence-corrected chi connectivity index (χ2v) is 7.25. The van der Waals surface area contributed by atoms with Gasteiger partial charge in [0, 0.05) is 10.8 Å². The number of para-hydroxylation sites is 1. The summed E-state index contributed by atoms with van der Waals surface area (Å²) in [5.41, 5.74) is 1.53. The summed E-state index contributed by atoms with van der Waals surface area (Å²) >= 11 is 19.6. The smallest absolute Gasteiger partial charge is 0.237 e.